The normalized spacial score (nSPS) is 14.9. The number of anilines is 1. The summed E-state index contributed by atoms with van der Waals surface area (Å²) in [6.07, 6.45) is 6.27. The van der Waals surface area contributed by atoms with Gasteiger partial charge in [0, 0.05) is 42.7 Å². The number of ether oxygens (including phenoxy) is 1. The van der Waals surface area contributed by atoms with Crippen molar-refractivity contribution in [1.29, 1.82) is 5.26 Å². The minimum Gasteiger partial charge on any atom is -0.444 e. The first kappa shape index (κ1) is 21.9. The summed E-state index contributed by atoms with van der Waals surface area (Å²) in [4.78, 5) is 18.8. The number of halogens is 1. The number of pyridine rings is 2. The molecule has 3 aromatic rings. The number of alkyl carbamates (subject to hydrolysis) is 1. The Bertz CT molecular complexity index is 1170. The van der Waals surface area contributed by atoms with Crippen LogP contribution in [0.15, 0.2) is 36.8 Å². The molecule has 0 aliphatic carbocycles. The van der Waals surface area contributed by atoms with E-state index in [0.29, 0.717) is 16.1 Å². The highest BCUT2D eigenvalue weighted by Gasteiger charge is 2.24. The average molecular weight is 453 g/mol. The molecule has 8 nitrogen and oxygen atoms in total. The monoisotopic (exact) mass is 452 g/mol. The zero-order chi connectivity index (χ0) is 22.9. The van der Waals surface area contributed by atoms with E-state index in [-0.39, 0.29) is 12.1 Å². The minimum atomic E-state index is -0.504. The number of nitrogens with one attached hydrogen (secondary N) is 1. The number of rotatable bonds is 3. The molecule has 0 unspecified atom stereocenters. The lowest BCUT2D eigenvalue weighted by atomic mass is 10.0. The predicted molar refractivity (Wildman–Crippen MR) is 123 cm³/mol. The summed E-state index contributed by atoms with van der Waals surface area (Å²) in [5.74, 6) is 0.872. The lowest BCUT2D eigenvalue weighted by Gasteiger charge is -2.33. The van der Waals surface area contributed by atoms with Crippen LogP contribution in [-0.4, -0.2) is 45.4 Å². The summed E-state index contributed by atoms with van der Waals surface area (Å²) in [5.41, 5.74) is 2.36. The fourth-order valence-electron chi connectivity index (χ4n) is 3.85. The Morgan fingerprint density at radius 2 is 2.03 bits per heavy atom. The number of carbonyl (C=O) groups is 1. The zero-order valence-corrected chi connectivity index (χ0v) is 19.1. The van der Waals surface area contributed by atoms with Gasteiger partial charge in [0.2, 0.25) is 0 Å². The molecular weight excluding hydrogens is 428 g/mol. The Hall–Kier alpha value is -3.31. The van der Waals surface area contributed by atoms with Gasteiger partial charge in [-0.15, -0.1) is 0 Å². The van der Waals surface area contributed by atoms with Crippen LogP contribution in [0.4, 0.5) is 10.6 Å². The summed E-state index contributed by atoms with van der Waals surface area (Å²) in [5, 5.41) is 17.1. The van der Waals surface area contributed by atoms with Gasteiger partial charge < -0.3 is 15.0 Å². The van der Waals surface area contributed by atoms with Crippen molar-refractivity contribution in [2.45, 2.75) is 45.3 Å². The topological polar surface area (TPSA) is 95.5 Å². The standard InChI is InChI=1S/C23H25ClN6O2/c1-23(2,3)32-22(31)28-18-6-8-29(9-7-18)20-5-4-15(12-26-20)19-10-17(24)14-30-21(19)16(11-25)13-27-30/h4-5,10,12-14,18H,6-9H2,1-3H3,(H,28,31). The lowest BCUT2D eigenvalue weighted by molar-refractivity contribution is 0.0497. The highest BCUT2D eigenvalue weighted by molar-refractivity contribution is 6.31. The molecule has 4 rings (SSSR count). The van der Waals surface area contributed by atoms with Gasteiger partial charge in [-0.3, -0.25) is 0 Å². The van der Waals surface area contributed by atoms with Gasteiger partial charge in [-0.05, 0) is 51.8 Å². The molecule has 0 saturated carbocycles. The van der Waals surface area contributed by atoms with Crippen LogP contribution in [0, 0.1) is 11.3 Å². The lowest BCUT2D eigenvalue weighted by Crippen LogP contribution is -2.46. The summed E-state index contributed by atoms with van der Waals surface area (Å²) < 4.78 is 6.96. The van der Waals surface area contributed by atoms with Gasteiger partial charge in [0.15, 0.2) is 0 Å². The molecule has 32 heavy (non-hydrogen) atoms. The number of carbonyl (C=O) groups excluding carboxylic acids is 1. The van der Waals surface area contributed by atoms with Gasteiger partial charge in [0.25, 0.3) is 0 Å². The Labute approximate surface area is 191 Å². The summed E-state index contributed by atoms with van der Waals surface area (Å²) in [6.45, 7) is 7.14. The third kappa shape index (κ3) is 4.78. The molecule has 1 aliphatic rings. The highest BCUT2D eigenvalue weighted by atomic mass is 35.5. The summed E-state index contributed by atoms with van der Waals surface area (Å²) in [7, 11) is 0. The van der Waals surface area contributed by atoms with Crippen LogP contribution in [0.2, 0.25) is 5.02 Å². The molecule has 1 fully saturated rings. The van der Waals surface area contributed by atoms with Crippen molar-refractivity contribution in [3.8, 4) is 17.2 Å². The Morgan fingerprint density at radius 1 is 1.28 bits per heavy atom. The van der Waals surface area contributed by atoms with Crippen LogP contribution < -0.4 is 10.2 Å². The Balaban J connectivity index is 1.45. The fraction of sp³-hybridized carbons (Fsp3) is 0.391. The molecule has 1 aliphatic heterocycles. The second-order valence-corrected chi connectivity index (χ2v) is 9.28. The molecule has 0 spiro atoms. The van der Waals surface area contributed by atoms with Gasteiger partial charge in [-0.25, -0.2) is 14.3 Å². The van der Waals surface area contributed by atoms with E-state index in [1.807, 2.05) is 39.0 Å². The van der Waals surface area contributed by atoms with Crippen molar-refractivity contribution >= 4 is 29.0 Å². The Morgan fingerprint density at radius 3 is 2.66 bits per heavy atom. The average Bonchev–Trinajstić information content (AvgIpc) is 3.15. The van der Waals surface area contributed by atoms with E-state index in [9.17, 15) is 10.1 Å². The van der Waals surface area contributed by atoms with E-state index in [0.717, 1.165) is 42.9 Å². The third-order valence-corrected chi connectivity index (χ3v) is 5.50. The molecule has 0 aromatic carbocycles. The van der Waals surface area contributed by atoms with Crippen LogP contribution in [0.3, 0.4) is 0 Å². The minimum absolute atomic E-state index is 0.0892. The van der Waals surface area contributed by atoms with E-state index < -0.39 is 5.60 Å². The number of nitrogens with zero attached hydrogens (tertiary/aromatic N) is 5. The molecule has 0 atom stereocenters. The summed E-state index contributed by atoms with van der Waals surface area (Å²) in [6, 6.07) is 8.04. The predicted octanol–water partition coefficient (Wildman–Crippen LogP) is 4.41. The summed E-state index contributed by atoms with van der Waals surface area (Å²) >= 11 is 6.25. The van der Waals surface area contributed by atoms with Crippen LogP contribution in [0.25, 0.3) is 16.6 Å². The first-order valence-corrected chi connectivity index (χ1v) is 10.9. The van der Waals surface area contributed by atoms with Crippen molar-refractivity contribution in [2.75, 3.05) is 18.0 Å². The third-order valence-electron chi connectivity index (χ3n) is 5.30. The molecule has 1 N–H and O–H groups in total. The first-order chi connectivity index (χ1) is 15.2. The molecule has 0 bridgehead atoms. The number of amides is 1. The van der Waals surface area contributed by atoms with Crippen molar-refractivity contribution < 1.29 is 9.53 Å². The molecular formula is C23H25ClN6O2. The van der Waals surface area contributed by atoms with Gasteiger partial charge in [0.05, 0.1) is 22.3 Å². The van der Waals surface area contributed by atoms with Crippen LogP contribution >= 0.6 is 11.6 Å². The molecule has 4 heterocycles. The van der Waals surface area contributed by atoms with Crippen LogP contribution in [-0.2, 0) is 4.74 Å². The molecule has 3 aromatic heterocycles. The number of aromatic nitrogens is 3. The van der Waals surface area contributed by atoms with Gasteiger partial charge in [0.1, 0.15) is 17.5 Å². The first-order valence-electron chi connectivity index (χ1n) is 10.5. The maximum absolute atomic E-state index is 12.0. The second kappa shape index (κ2) is 8.67. The number of hydrogen-bond donors (Lipinski definition) is 1. The molecule has 1 amide bonds. The second-order valence-electron chi connectivity index (χ2n) is 8.85. The molecule has 1 saturated heterocycles. The van der Waals surface area contributed by atoms with E-state index >= 15 is 0 Å². The van der Waals surface area contributed by atoms with Crippen LogP contribution in [0.1, 0.15) is 39.2 Å². The van der Waals surface area contributed by atoms with Crippen LogP contribution in [0.5, 0.6) is 0 Å². The van der Waals surface area contributed by atoms with E-state index in [4.69, 9.17) is 16.3 Å². The van der Waals surface area contributed by atoms with Crippen molar-refractivity contribution in [2.24, 2.45) is 0 Å². The van der Waals surface area contributed by atoms with Crippen molar-refractivity contribution in [3.63, 3.8) is 0 Å². The largest absolute Gasteiger partial charge is 0.444 e. The number of hydrogen-bond acceptors (Lipinski definition) is 6. The van der Waals surface area contributed by atoms with Gasteiger partial charge >= 0.3 is 6.09 Å². The maximum Gasteiger partial charge on any atom is 0.407 e. The van der Waals surface area contributed by atoms with Gasteiger partial charge in [-0.1, -0.05) is 11.6 Å². The maximum atomic E-state index is 12.0. The number of nitriles is 1. The molecule has 166 valence electrons. The highest BCUT2D eigenvalue weighted by Crippen LogP contribution is 2.30. The van der Waals surface area contributed by atoms with Crippen molar-refractivity contribution in [3.05, 3.63) is 47.4 Å². The fourth-order valence-corrected chi connectivity index (χ4v) is 4.05. The smallest absolute Gasteiger partial charge is 0.407 e. The quantitative estimate of drug-likeness (QED) is 0.632. The zero-order valence-electron chi connectivity index (χ0n) is 18.3. The SMILES string of the molecule is CC(C)(C)OC(=O)NC1CCN(c2ccc(-c3cc(Cl)cn4ncc(C#N)c34)cn2)CC1. The van der Waals surface area contributed by atoms with E-state index in [1.54, 1.807) is 16.9 Å². The van der Waals surface area contributed by atoms with E-state index in [2.05, 4.69) is 26.4 Å². The number of fused-ring (bicyclic) bond motifs is 1. The molecule has 9 heteroatoms. The number of piperidine rings is 1. The Kier molecular flexibility index (Phi) is 5.94. The van der Waals surface area contributed by atoms with Crippen molar-refractivity contribution in [1.82, 2.24) is 19.9 Å². The van der Waals surface area contributed by atoms with Gasteiger partial charge in [-0.2, -0.15) is 10.4 Å². The molecule has 0 radical (unpaired) electrons. The van der Waals surface area contributed by atoms with E-state index in [1.165, 1.54) is 6.20 Å².